The van der Waals surface area contributed by atoms with Gasteiger partial charge in [0.25, 0.3) is 5.56 Å². The van der Waals surface area contributed by atoms with E-state index in [1.165, 1.54) is 36.0 Å². The molecular formula is C16H18F2N2OS. The summed E-state index contributed by atoms with van der Waals surface area (Å²) < 4.78 is 28.1. The number of thioether (sulfide) groups is 1. The summed E-state index contributed by atoms with van der Waals surface area (Å²) in [6.07, 6.45) is 0.445. The van der Waals surface area contributed by atoms with Crippen molar-refractivity contribution in [2.75, 3.05) is 0 Å². The highest BCUT2D eigenvalue weighted by molar-refractivity contribution is 7.99. The second-order valence-electron chi connectivity index (χ2n) is 5.24. The molecule has 0 saturated heterocycles. The molecule has 0 aliphatic rings. The van der Waals surface area contributed by atoms with Gasteiger partial charge in [0.1, 0.15) is 11.6 Å². The summed E-state index contributed by atoms with van der Waals surface area (Å²) in [6, 6.07) is 5.08. The van der Waals surface area contributed by atoms with E-state index in [1.54, 1.807) is 0 Å². The van der Waals surface area contributed by atoms with Crippen LogP contribution in [0.2, 0.25) is 0 Å². The van der Waals surface area contributed by atoms with Gasteiger partial charge in [-0.05, 0) is 18.6 Å². The lowest BCUT2D eigenvalue weighted by atomic mass is 9.92. The Balaban J connectivity index is 2.52. The van der Waals surface area contributed by atoms with Gasteiger partial charge < -0.3 is 4.98 Å². The lowest BCUT2D eigenvalue weighted by molar-refractivity contribution is 0.531. The third-order valence-corrected chi connectivity index (χ3v) is 4.09. The first-order chi connectivity index (χ1) is 10.4. The molecule has 1 aromatic heterocycles. The molecule has 0 spiro atoms. The highest BCUT2D eigenvalue weighted by Gasteiger charge is 2.22. The van der Waals surface area contributed by atoms with Gasteiger partial charge in [0, 0.05) is 22.8 Å². The van der Waals surface area contributed by atoms with Gasteiger partial charge >= 0.3 is 0 Å². The standard InChI is InChI=1S/C16H18F2N2OS/c1-4-10(15-11(17)6-5-7-12(15)18)13-8-14(21)20-16(19-13)22-9(2)3/h5-10H,4H2,1-3H3,(H,19,20,21). The molecule has 3 nitrogen and oxygen atoms in total. The van der Waals surface area contributed by atoms with Crippen molar-refractivity contribution in [3.63, 3.8) is 0 Å². The summed E-state index contributed by atoms with van der Waals surface area (Å²) in [4.78, 5) is 18.8. The van der Waals surface area contributed by atoms with Gasteiger partial charge in [-0.1, -0.05) is 38.6 Å². The van der Waals surface area contributed by atoms with Crippen molar-refractivity contribution >= 4 is 11.8 Å². The molecule has 1 atom stereocenters. The van der Waals surface area contributed by atoms with Crippen LogP contribution in [0.15, 0.2) is 34.2 Å². The summed E-state index contributed by atoms with van der Waals surface area (Å²) in [7, 11) is 0. The van der Waals surface area contributed by atoms with Crippen LogP contribution in [0.1, 0.15) is 44.4 Å². The first kappa shape index (κ1) is 16.7. The van der Waals surface area contributed by atoms with Crippen LogP contribution < -0.4 is 5.56 Å². The summed E-state index contributed by atoms with van der Waals surface area (Å²) >= 11 is 1.40. The number of nitrogens with one attached hydrogen (secondary N) is 1. The Morgan fingerprint density at radius 3 is 2.45 bits per heavy atom. The molecule has 1 unspecified atom stereocenters. The molecule has 0 aliphatic heterocycles. The van der Waals surface area contributed by atoms with Crippen LogP contribution in [0.3, 0.4) is 0 Å². The minimum absolute atomic E-state index is 0.0383. The fourth-order valence-corrected chi connectivity index (χ4v) is 3.08. The number of aromatic amines is 1. The fourth-order valence-electron chi connectivity index (χ4n) is 2.32. The quantitative estimate of drug-likeness (QED) is 0.665. The smallest absolute Gasteiger partial charge is 0.251 e. The average Bonchev–Trinajstić information content (AvgIpc) is 2.41. The van der Waals surface area contributed by atoms with Crippen molar-refractivity contribution in [2.45, 2.75) is 43.5 Å². The van der Waals surface area contributed by atoms with E-state index in [-0.39, 0.29) is 16.4 Å². The number of nitrogens with zero attached hydrogens (tertiary/aromatic N) is 1. The van der Waals surface area contributed by atoms with Gasteiger partial charge in [-0.2, -0.15) is 0 Å². The number of benzene rings is 1. The van der Waals surface area contributed by atoms with E-state index in [9.17, 15) is 13.6 Å². The predicted octanol–water partition coefficient (Wildman–Crippen LogP) is 4.09. The highest BCUT2D eigenvalue weighted by Crippen LogP contribution is 2.31. The first-order valence-electron chi connectivity index (χ1n) is 7.14. The summed E-state index contributed by atoms with van der Waals surface area (Å²) in [5.74, 6) is -1.82. The van der Waals surface area contributed by atoms with Crippen LogP contribution in [-0.2, 0) is 0 Å². The first-order valence-corrected chi connectivity index (χ1v) is 8.02. The largest absolute Gasteiger partial charge is 0.301 e. The van der Waals surface area contributed by atoms with Crippen LogP contribution in [0.5, 0.6) is 0 Å². The SMILES string of the molecule is CCC(c1cc(=O)[nH]c(SC(C)C)n1)c1c(F)cccc1F. The second-order valence-corrected chi connectivity index (χ2v) is 6.80. The molecule has 0 amide bonds. The van der Waals surface area contributed by atoms with Gasteiger partial charge in [0.2, 0.25) is 0 Å². The maximum atomic E-state index is 14.0. The maximum Gasteiger partial charge on any atom is 0.251 e. The molecule has 0 aliphatic carbocycles. The molecule has 1 heterocycles. The van der Waals surface area contributed by atoms with Gasteiger partial charge in [0.05, 0.1) is 5.69 Å². The van der Waals surface area contributed by atoms with Crippen LogP contribution in [0, 0.1) is 11.6 Å². The van der Waals surface area contributed by atoms with E-state index < -0.39 is 17.6 Å². The fraction of sp³-hybridized carbons (Fsp3) is 0.375. The molecule has 2 aromatic rings. The summed E-state index contributed by atoms with van der Waals surface area (Å²) in [5, 5.41) is 0.705. The van der Waals surface area contributed by atoms with Crippen LogP contribution in [-0.4, -0.2) is 15.2 Å². The summed E-state index contributed by atoms with van der Waals surface area (Å²) in [6.45, 7) is 5.77. The molecular weight excluding hydrogens is 306 g/mol. The van der Waals surface area contributed by atoms with Crippen molar-refractivity contribution in [2.24, 2.45) is 0 Å². The monoisotopic (exact) mass is 324 g/mol. The van der Waals surface area contributed by atoms with Gasteiger partial charge in [0.15, 0.2) is 5.16 Å². The Bertz CT molecular complexity index is 695. The number of rotatable bonds is 5. The zero-order chi connectivity index (χ0) is 16.3. The van der Waals surface area contributed by atoms with E-state index in [1.807, 2.05) is 20.8 Å². The van der Waals surface area contributed by atoms with Crippen molar-refractivity contribution in [1.29, 1.82) is 0 Å². The third kappa shape index (κ3) is 3.74. The van der Waals surface area contributed by atoms with Gasteiger partial charge in [-0.15, -0.1) is 0 Å². The van der Waals surface area contributed by atoms with Crippen molar-refractivity contribution < 1.29 is 8.78 Å². The molecule has 0 radical (unpaired) electrons. The van der Waals surface area contributed by atoms with Crippen molar-refractivity contribution in [3.05, 3.63) is 57.5 Å². The lowest BCUT2D eigenvalue weighted by Gasteiger charge is -2.17. The highest BCUT2D eigenvalue weighted by atomic mass is 32.2. The minimum atomic E-state index is -0.619. The Labute approximate surface area is 132 Å². The Morgan fingerprint density at radius 1 is 1.27 bits per heavy atom. The Kier molecular flexibility index (Phi) is 5.34. The number of hydrogen-bond acceptors (Lipinski definition) is 3. The molecule has 118 valence electrons. The molecule has 2 rings (SSSR count). The van der Waals surface area contributed by atoms with Crippen molar-refractivity contribution in [1.82, 2.24) is 9.97 Å². The van der Waals surface area contributed by atoms with Crippen LogP contribution in [0.4, 0.5) is 8.78 Å². The van der Waals surface area contributed by atoms with Crippen LogP contribution in [0.25, 0.3) is 0 Å². The Morgan fingerprint density at radius 2 is 1.91 bits per heavy atom. The van der Waals surface area contributed by atoms with Gasteiger partial charge in [-0.25, -0.2) is 13.8 Å². The third-order valence-electron chi connectivity index (χ3n) is 3.20. The zero-order valence-electron chi connectivity index (χ0n) is 12.7. The van der Waals surface area contributed by atoms with Crippen molar-refractivity contribution in [3.8, 4) is 0 Å². The average molecular weight is 324 g/mol. The lowest BCUT2D eigenvalue weighted by Crippen LogP contribution is -2.15. The molecule has 0 bridgehead atoms. The van der Waals surface area contributed by atoms with E-state index in [4.69, 9.17) is 0 Å². The number of aromatic nitrogens is 2. The van der Waals surface area contributed by atoms with E-state index in [2.05, 4.69) is 9.97 Å². The molecule has 22 heavy (non-hydrogen) atoms. The molecule has 1 N–H and O–H groups in total. The van der Waals surface area contributed by atoms with Gasteiger partial charge in [-0.3, -0.25) is 4.79 Å². The molecule has 6 heteroatoms. The van der Waals surface area contributed by atoms with E-state index >= 15 is 0 Å². The Hall–Kier alpha value is -1.69. The topological polar surface area (TPSA) is 45.8 Å². The van der Waals surface area contributed by atoms with Crippen LogP contribution >= 0.6 is 11.8 Å². The molecule has 0 saturated carbocycles. The summed E-state index contributed by atoms with van der Waals surface area (Å²) in [5.41, 5.74) is 0.0327. The van der Waals surface area contributed by atoms with E-state index in [0.717, 1.165) is 0 Å². The minimum Gasteiger partial charge on any atom is -0.301 e. The number of H-pyrrole nitrogens is 1. The number of hydrogen-bond donors (Lipinski definition) is 1. The normalized spacial score (nSPS) is 12.6. The molecule has 1 aromatic carbocycles. The van der Waals surface area contributed by atoms with E-state index in [0.29, 0.717) is 17.3 Å². The number of halogens is 2. The predicted molar refractivity (Wildman–Crippen MR) is 84.3 cm³/mol. The second kappa shape index (κ2) is 7.05. The zero-order valence-corrected chi connectivity index (χ0v) is 13.5. The molecule has 0 fully saturated rings. The maximum absolute atomic E-state index is 14.0.